The van der Waals surface area contributed by atoms with Crippen LogP contribution in [0.25, 0.3) is 22.5 Å². The van der Waals surface area contributed by atoms with Gasteiger partial charge in [0.15, 0.2) is 0 Å². The maximum absolute atomic E-state index is 14.3. The highest BCUT2D eigenvalue weighted by Gasteiger charge is 2.36. The molecule has 2 heterocycles. The van der Waals surface area contributed by atoms with Crippen molar-refractivity contribution in [3.8, 4) is 22.5 Å². The predicted molar refractivity (Wildman–Crippen MR) is 178 cm³/mol. The number of primary amides is 1. The van der Waals surface area contributed by atoms with Gasteiger partial charge in [-0.25, -0.2) is 4.79 Å². The van der Waals surface area contributed by atoms with Gasteiger partial charge in [0.1, 0.15) is 11.6 Å². The number of hydrogen-bond acceptors (Lipinski definition) is 8. The Morgan fingerprint density at radius 3 is 2.28 bits per heavy atom. The first-order chi connectivity index (χ1) is 22.5. The van der Waals surface area contributed by atoms with Gasteiger partial charge in [-0.2, -0.15) is 5.21 Å². The Hall–Kier alpha value is -5.13. The molecular formula is C35H42N8O4. The van der Waals surface area contributed by atoms with Gasteiger partial charge in [0, 0.05) is 48.1 Å². The van der Waals surface area contributed by atoms with Crippen LogP contribution in [-0.2, 0) is 20.7 Å². The number of aromatic nitrogens is 5. The number of ether oxygens (including phenoxy) is 1. The molecule has 0 saturated heterocycles. The zero-order chi connectivity index (χ0) is 33.6. The van der Waals surface area contributed by atoms with Crippen LogP contribution in [0.2, 0.25) is 0 Å². The second-order valence-electron chi connectivity index (χ2n) is 13.1. The van der Waals surface area contributed by atoms with E-state index in [9.17, 15) is 14.4 Å². The lowest BCUT2D eigenvalue weighted by Gasteiger charge is -2.36. The first kappa shape index (κ1) is 33.2. The number of pyridine rings is 1. The van der Waals surface area contributed by atoms with Crippen molar-refractivity contribution >= 4 is 23.6 Å². The highest BCUT2D eigenvalue weighted by Crippen LogP contribution is 2.33. The standard InChI is InChI=1S/C35H42N8O4/c1-22-17-18-37-21-29(22)25-9-5-23(6-10-25)19-30(31(36)44)43(28-15-13-26(14-16-28)32-39-41-42-40-32)33(45)27-11-7-24(8-12-27)20-38-34(46)47-35(2,3)4/h5-6,9-10,13-18,21,24,27,30H,7-8,11-12,19-20H2,1-4H3,(H2,36,44)(H,38,46)(H,39,40,41,42)/t24?,27?,30-/m0/s1. The van der Waals surface area contributed by atoms with E-state index in [2.05, 4.69) is 30.9 Å². The summed E-state index contributed by atoms with van der Waals surface area (Å²) in [6.07, 6.45) is 6.16. The fourth-order valence-corrected chi connectivity index (χ4v) is 6.00. The Balaban J connectivity index is 1.35. The largest absolute Gasteiger partial charge is 0.444 e. The van der Waals surface area contributed by atoms with E-state index in [0.717, 1.165) is 35.1 Å². The van der Waals surface area contributed by atoms with Crippen LogP contribution < -0.4 is 16.0 Å². The molecule has 1 aliphatic rings. The summed E-state index contributed by atoms with van der Waals surface area (Å²) in [5.41, 5.74) is 10.8. The molecule has 1 aliphatic carbocycles. The van der Waals surface area contributed by atoms with Crippen molar-refractivity contribution in [2.24, 2.45) is 17.6 Å². The number of anilines is 1. The number of amides is 3. The molecule has 0 aliphatic heterocycles. The Kier molecular flexibility index (Phi) is 10.3. The molecule has 5 rings (SSSR count). The zero-order valence-corrected chi connectivity index (χ0v) is 27.3. The Bertz CT molecular complexity index is 1660. The van der Waals surface area contributed by atoms with E-state index in [-0.39, 0.29) is 24.2 Å². The summed E-state index contributed by atoms with van der Waals surface area (Å²) >= 11 is 0. The molecule has 2 aromatic carbocycles. The second-order valence-corrected chi connectivity index (χ2v) is 13.1. The number of rotatable bonds is 10. The summed E-state index contributed by atoms with van der Waals surface area (Å²) in [5.74, 6) is -0.404. The van der Waals surface area contributed by atoms with Gasteiger partial charge in [-0.05, 0) is 112 Å². The molecule has 47 heavy (non-hydrogen) atoms. The number of aromatic amines is 1. The molecule has 246 valence electrons. The predicted octanol–water partition coefficient (Wildman–Crippen LogP) is 5.00. The van der Waals surface area contributed by atoms with Gasteiger partial charge < -0.3 is 15.8 Å². The first-order valence-electron chi connectivity index (χ1n) is 15.9. The van der Waals surface area contributed by atoms with Gasteiger partial charge in [-0.15, -0.1) is 10.2 Å². The van der Waals surface area contributed by atoms with Crippen molar-refractivity contribution in [1.82, 2.24) is 30.9 Å². The summed E-state index contributed by atoms with van der Waals surface area (Å²) in [4.78, 5) is 45.4. The van der Waals surface area contributed by atoms with E-state index >= 15 is 0 Å². The lowest BCUT2D eigenvalue weighted by atomic mass is 9.81. The van der Waals surface area contributed by atoms with Gasteiger partial charge in [-0.1, -0.05) is 24.3 Å². The number of carbonyl (C=O) groups is 3. The van der Waals surface area contributed by atoms with Crippen molar-refractivity contribution < 1.29 is 19.1 Å². The van der Waals surface area contributed by atoms with Crippen LogP contribution in [0.5, 0.6) is 0 Å². The highest BCUT2D eigenvalue weighted by atomic mass is 16.6. The maximum Gasteiger partial charge on any atom is 0.407 e. The molecule has 12 nitrogen and oxygen atoms in total. The molecule has 3 amide bonds. The third kappa shape index (κ3) is 8.57. The molecule has 0 unspecified atom stereocenters. The summed E-state index contributed by atoms with van der Waals surface area (Å²) in [6, 6.07) is 16.1. The van der Waals surface area contributed by atoms with E-state index in [0.29, 0.717) is 36.5 Å². The van der Waals surface area contributed by atoms with Crippen LogP contribution in [0, 0.1) is 18.8 Å². The van der Waals surface area contributed by atoms with Crippen LogP contribution >= 0.6 is 0 Å². The van der Waals surface area contributed by atoms with E-state index in [1.165, 1.54) is 0 Å². The van der Waals surface area contributed by atoms with Crippen LogP contribution in [0.4, 0.5) is 10.5 Å². The number of benzene rings is 2. The van der Waals surface area contributed by atoms with Crippen LogP contribution in [0.3, 0.4) is 0 Å². The van der Waals surface area contributed by atoms with Crippen molar-refractivity contribution in [2.45, 2.75) is 71.4 Å². The minimum absolute atomic E-state index is 0.151. The fourth-order valence-electron chi connectivity index (χ4n) is 6.00. The van der Waals surface area contributed by atoms with E-state index in [4.69, 9.17) is 10.5 Å². The first-order valence-corrected chi connectivity index (χ1v) is 15.9. The van der Waals surface area contributed by atoms with Gasteiger partial charge >= 0.3 is 6.09 Å². The van der Waals surface area contributed by atoms with Crippen LogP contribution in [-0.4, -0.2) is 61.7 Å². The monoisotopic (exact) mass is 638 g/mol. The highest BCUT2D eigenvalue weighted by molar-refractivity contribution is 6.01. The quantitative estimate of drug-likeness (QED) is 0.218. The minimum atomic E-state index is -0.920. The molecular weight excluding hydrogens is 596 g/mol. The van der Waals surface area contributed by atoms with Gasteiger partial charge in [0.25, 0.3) is 0 Å². The van der Waals surface area contributed by atoms with Gasteiger partial charge in [-0.3, -0.25) is 19.5 Å². The lowest BCUT2D eigenvalue weighted by molar-refractivity contribution is -0.127. The molecule has 1 fully saturated rings. The van der Waals surface area contributed by atoms with E-state index in [1.54, 1.807) is 35.4 Å². The number of carbonyl (C=O) groups excluding carboxylic acids is 3. The minimum Gasteiger partial charge on any atom is -0.444 e. The summed E-state index contributed by atoms with van der Waals surface area (Å²) in [6.45, 7) is 7.99. The van der Waals surface area contributed by atoms with Crippen LogP contribution in [0.1, 0.15) is 57.6 Å². The van der Waals surface area contributed by atoms with Gasteiger partial charge in [0.05, 0.1) is 0 Å². The Morgan fingerprint density at radius 1 is 1.00 bits per heavy atom. The zero-order valence-electron chi connectivity index (χ0n) is 27.3. The maximum atomic E-state index is 14.3. The van der Waals surface area contributed by atoms with E-state index < -0.39 is 23.6 Å². The Morgan fingerprint density at radius 2 is 1.68 bits per heavy atom. The molecule has 0 bridgehead atoms. The SMILES string of the molecule is Cc1ccncc1-c1ccc(C[C@@H](C(N)=O)N(C(=O)C2CCC(CNC(=O)OC(C)(C)C)CC2)c2ccc(-c3nn[nH]n3)cc2)cc1. The number of aryl methyl sites for hydroxylation is 1. The molecule has 1 saturated carbocycles. The molecule has 0 spiro atoms. The average Bonchev–Trinajstić information content (AvgIpc) is 3.59. The molecule has 4 aromatic rings. The normalized spacial score (nSPS) is 17.0. The number of nitrogens with two attached hydrogens (primary N) is 1. The fraction of sp³-hybridized carbons (Fsp3) is 0.400. The van der Waals surface area contributed by atoms with E-state index in [1.807, 2.05) is 64.2 Å². The summed E-state index contributed by atoms with van der Waals surface area (Å²) in [5, 5.41) is 17.0. The molecule has 0 radical (unpaired) electrons. The Labute approximate surface area is 274 Å². The number of nitrogens with one attached hydrogen (secondary N) is 2. The molecule has 12 heteroatoms. The van der Waals surface area contributed by atoms with Crippen LogP contribution in [0.15, 0.2) is 67.0 Å². The summed E-state index contributed by atoms with van der Waals surface area (Å²) < 4.78 is 5.36. The van der Waals surface area contributed by atoms with Crippen molar-refractivity contribution in [3.63, 3.8) is 0 Å². The third-order valence-corrected chi connectivity index (χ3v) is 8.49. The number of alkyl carbamates (subject to hydrolysis) is 1. The lowest BCUT2D eigenvalue weighted by Crippen LogP contribution is -2.52. The third-order valence-electron chi connectivity index (χ3n) is 8.49. The molecule has 2 aromatic heterocycles. The average molecular weight is 639 g/mol. The molecule has 1 atom stereocenters. The number of hydrogen-bond donors (Lipinski definition) is 3. The van der Waals surface area contributed by atoms with Crippen molar-refractivity contribution in [2.75, 3.05) is 11.4 Å². The summed E-state index contributed by atoms with van der Waals surface area (Å²) in [7, 11) is 0. The van der Waals surface area contributed by atoms with Crippen molar-refractivity contribution in [1.29, 1.82) is 0 Å². The smallest absolute Gasteiger partial charge is 0.407 e. The van der Waals surface area contributed by atoms with Gasteiger partial charge in [0.2, 0.25) is 17.6 Å². The number of tetrazole rings is 1. The van der Waals surface area contributed by atoms with Crippen molar-refractivity contribution in [3.05, 3.63) is 78.1 Å². The number of H-pyrrole nitrogens is 1. The molecule has 4 N–H and O–H groups in total. The second kappa shape index (κ2) is 14.5. The number of nitrogens with zero attached hydrogens (tertiary/aromatic N) is 5. The topological polar surface area (TPSA) is 169 Å².